The molecular weight excluding hydrogens is 272 g/mol. The average Bonchev–Trinajstić information content (AvgIpc) is 2.56. The van der Waals surface area contributed by atoms with Crippen LogP contribution in [0.5, 0.6) is 0 Å². The Hall–Kier alpha value is -1.35. The van der Waals surface area contributed by atoms with Gasteiger partial charge in [-0.2, -0.15) is 0 Å². The van der Waals surface area contributed by atoms with Gasteiger partial charge in [0.2, 0.25) is 5.91 Å². The van der Waals surface area contributed by atoms with Crippen molar-refractivity contribution in [3.05, 3.63) is 36.0 Å². The Labute approximate surface area is 134 Å². The Balaban J connectivity index is 1.61. The molecule has 3 nitrogen and oxygen atoms in total. The van der Waals surface area contributed by atoms with Gasteiger partial charge in [-0.15, -0.1) is 0 Å². The van der Waals surface area contributed by atoms with Crippen LogP contribution in [-0.2, 0) is 4.79 Å². The molecule has 4 aliphatic heterocycles. The quantitative estimate of drug-likeness (QED) is 0.797. The fraction of sp³-hybridized carbons (Fsp3) is 0.632. The van der Waals surface area contributed by atoms with Crippen LogP contribution < -0.4 is 0 Å². The van der Waals surface area contributed by atoms with Crippen LogP contribution in [0.1, 0.15) is 32.6 Å². The molecule has 0 unspecified atom stereocenters. The molecule has 1 amide bonds. The van der Waals surface area contributed by atoms with E-state index in [2.05, 4.69) is 28.5 Å². The Bertz CT molecular complexity index is 498. The summed E-state index contributed by atoms with van der Waals surface area (Å²) in [5, 5.41) is 0. The summed E-state index contributed by atoms with van der Waals surface area (Å²) in [7, 11) is 0. The van der Waals surface area contributed by atoms with E-state index in [0.717, 1.165) is 38.4 Å². The van der Waals surface area contributed by atoms with Gasteiger partial charge < -0.3 is 9.80 Å². The van der Waals surface area contributed by atoms with Crippen molar-refractivity contribution in [3.63, 3.8) is 0 Å². The molecule has 0 spiro atoms. The van der Waals surface area contributed by atoms with E-state index in [1.807, 2.05) is 13.0 Å². The van der Waals surface area contributed by atoms with Gasteiger partial charge in [-0.05, 0) is 62.3 Å². The Morgan fingerprint density at radius 1 is 1.27 bits per heavy atom. The molecule has 4 aliphatic rings. The van der Waals surface area contributed by atoms with E-state index in [1.165, 1.54) is 37.1 Å². The molecule has 1 atom stereocenters. The molecule has 0 aliphatic carbocycles. The molecule has 0 aromatic rings. The largest absolute Gasteiger partial charge is 0.338 e. The summed E-state index contributed by atoms with van der Waals surface area (Å²) in [6, 6.07) is 0. The first-order valence-electron chi connectivity index (χ1n) is 8.68. The van der Waals surface area contributed by atoms with Gasteiger partial charge in [-0.1, -0.05) is 24.8 Å². The van der Waals surface area contributed by atoms with Gasteiger partial charge in [-0.25, -0.2) is 0 Å². The number of carbonyl (C=O) groups is 1. The van der Waals surface area contributed by atoms with Gasteiger partial charge >= 0.3 is 0 Å². The van der Waals surface area contributed by atoms with E-state index in [4.69, 9.17) is 0 Å². The van der Waals surface area contributed by atoms with Gasteiger partial charge in [0.25, 0.3) is 0 Å². The maximum Gasteiger partial charge on any atom is 0.223 e. The van der Waals surface area contributed by atoms with Crippen LogP contribution in [0.15, 0.2) is 36.0 Å². The number of nitrogens with zero attached hydrogens (tertiary/aromatic N) is 2. The Kier molecular flexibility index (Phi) is 4.82. The normalized spacial score (nSPS) is 31.9. The van der Waals surface area contributed by atoms with E-state index in [-0.39, 0.29) is 0 Å². The number of rotatable bonds is 4. The number of hydrogen-bond acceptors (Lipinski definition) is 2. The maximum absolute atomic E-state index is 12.7. The fourth-order valence-electron chi connectivity index (χ4n) is 4.28. The molecule has 0 N–H and O–H groups in total. The van der Waals surface area contributed by atoms with Crippen molar-refractivity contribution in [2.24, 2.45) is 11.8 Å². The molecule has 3 heteroatoms. The Morgan fingerprint density at radius 3 is 2.64 bits per heavy atom. The van der Waals surface area contributed by atoms with E-state index in [9.17, 15) is 4.79 Å². The predicted molar refractivity (Wildman–Crippen MR) is 90.5 cm³/mol. The zero-order valence-corrected chi connectivity index (χ0v) is 13.8. The van der Waals surface area contributed by atoms with Crippen LogP contribution in [0.4, 0.5) is 0 Å². The molecule has 2 bridgehead atoms. The molecule has 3 saturated heterocycles. The highest BCUT2D eigenvalue weighted by Crippen LogP contribution is 2.34. The second-order valence-electron chi connectivity index (χ2n) is 6.92. The van der Waals surface area contributed by atoms with Crippen molar-refractivity contribution in [3.8, 4) is 0 Å². The summed E-state index contributed by atoms with van der Waals surface area (Å²) in [6.07, 6.45) is 10.4. The zero-order chi connectivity index (χ0) is 15.5. The van der Waals surface area contributed by atoms with E-state index in [0.29, 0.717) is 11.8 Å². The molecule has 0 saturated carbocycles. The molecule has 0 radical (unpaired) electrons. The molecule has 3 fully saturated rings. The van der Waals surface area contributed by atoms with Gasteiger partial charge in [0, 0.05) is 26.1 Å². The van der Waals surface area contributed by atoms with E-state index < -0.39 is 0 Å². The lowest BCUT2D eigenvalue weighted by molar-refractivity contribution is -0.133. The van der Waals surface area contributed by atoms with Crippen molar-refractivity contribution in [1.82, 2.24) is 9.80 Å². The molecule has 4 rings (SSSR count). The third-order valence-electron chi connectivity index (χ3n) is 5.62. The number of carbonyl (C=O) groups excluding carboxylic acids is 1. The monoisotopic (exact) mass is 300 g/mol. The van der Waals surface area contributed by atoms with Crippen molar-refractivity contribution < 1.29 is 4.79 Å². The number of amides is 1. The van der Waals surface area contributed by atoms with E-state index >= 15 is 0 Å². The number of hydrogen-bond donors (Lipinski definition) is 0. The van der Waals surface area contributed by atoms with Gasteiger partial charge in [-0.3, -0.25) is 4.79 Å². The number of fused-ring (bicyclic) bond motifs is 3. The highest BCUT2D eigenvalue weighted by Gasteiger charge is 2.36. The molecule has 0 aromatic heterocycles. The summed E-state index contributed by atoms with van der Waals surface area (Å²) >= 11 is 0. The van der Waals surface area contributed by atoms with Crippen LogP contribution in [0, 0.1) is 11.8 Å². The average molecular weight is 300 g/mol. The minimum absolute atomic E-state index is 0.351. The van der Waals surface area contributed by atoms with Gasteiger partial charge in [0.15, 0.2) is 0 Å². The van der Waals surface area contributed by atoms with Crippen molar-refractivity contribution in [1.29, 1.82) is 0 Å². The SMILES string of the molecule is C=CC1=C(/C=C\C)CN(C(=O)C[C@H]2CN3CCC2CC3)CC1. The second kappa shape index (κ2) is 6.82. The van der Waals surface area contributed by atoms with Crippen LogP contribution in [0.3, 0.4) is 0 Å². The highest BCUT2D eigenvalue weighted by molar-refractivity contribution is 5.77. The van der Waals surface area contributed by atoms with Crippen LogP contribution >= 0.6 is 0 Å². The van der Waals surface area contributed by atoms with Crippen LogP contribution in [0.2, 0.25) is 0 Å². The zero-order valence-electron chi connectivity index (χ0n) is 13.8. The van der Waals surface area contributed by atoms with Crippen molar-refractivity contribution in [2.45, 2.75) is 32.6 Å². The summed E-state index contributed by atoms with van der Waals surface area (Å²) in [4.78, 5) is 17.3. The van der Waals surface area contributed by atoms with E-state index in [1.54, 1.807) is 0 Å². The minimum Gasteiger partial charge on any atom is -0.338 e. The van der Waals surface area contributed by atoms with Crippen molar-refractivity contribution >= 4 is 5.91 Å². The maximum atomic E-state index is 12.7. The highest BCUT2D eigenvalue weighted by atomic mass is 16.2. The smallest absolute Gasteiger partial charge is 0.223 e. The topological polar surface area (TPSA) is 23.6 Å². The summed E-state index contributed by atoms with van der Waals surface area (Å²) in [5.41, 5.74) is 2.55. The summed E-state index contributed by atoms with van der Waals surface area (Å²) in [5.74, 6) is 1.72. The second-order valence-corrected chi connectivity index (χ2v) is 6.92. The van der Waals surface area contributed by atoms with Gasteiger partial charge in [0.05, 0.1) is 0 Å². The predicted octanol–water partition coefficient (Wildman–Crippen LogP) is 3.01. The van der Waals surface area contributed by atoms with Crippen molar-refractivity contribution in [2.75, 3.05) is 32.7 Å². The van der Waals surface area contributed by atoms with Gasteiger partial charge in [0.1, 0.15) is 0 Å². The third-order valence-corrected chi connectivity index (χ3v) is 5.62. The summed E-state index contributed by atoms with van der Waals surface area (Å²) in [6.45, 7) is 11.2. The third kappa shape index (κ3) is 3.19. The summed E-state index contributed by atoms with van der Waals surface area (Å²) < 4.78 is 0. The number of piperidine rings is 3. The molecule has 120 valence electrons. The lowest BCUT2D eigenvalue weighted by atomic mass is 9.77. The molecular formula is C19H28N2O. The minimum atomic E-state index is 0.351. The first-order chi connectivity index (χ1) is 10.7. The van der Waals surface area contributed by atoms with Crippen LogP contribution in [0.25, 0.3) is 0 Å². The standard InChI is InChI=1S/C19H28N2O/c1-3-5-17-14-21(11-8-15(17)4-2)19(22)12-18-13-20-9-6-16(18)7-10-20/h3-5,16,18H,2,6-14H2,1H3/b5-3-/t18-/m0/s1. The fourth-order valence-corrected chi connectivity index (χ4v) is 4.28. The Morgan fingerprint density at radius 2 is 2.05 bits per heavy atom. The lowest BCUT2D eigenvalue weighted by Crippen LogP contribution is -2.49. The lowest BCUT2D eigenvalue weighted by Gasteiger charge is -2.45. The molecule has 4 heterocycles. The first kappa shape index (κ1) is 15.5. The molecule has 22 heavy (non-hydrogen) atoms. The number of allylic oxidation sites excluding steroid dienone is 2. The van der Waals surface area contributed by atoms with Crippen LogP contribution in [-0.4, -0.2) is 48.4 Å². The first-order valence-corrected chi connectivity index (χ1v) is 8.68. The molecule has 0 aromatic carbocycles.